The summed E-state index contributed by atoms with van der Waals surface area (Å²) in [5, 5.41) is 9.44. The van der Waals surface area contributed by atoms with Gasteiger partial charge in [0.2, 0.25) is 0 Å². The topological polar surface area (TPSA) is 49.5 Å². The molecule has 3 N–H and O–H groups in total. The van der Waals surface area contributed by atoms with Crippen molar-refractivity contribution >= 4 is 0 Å². The molecule has 1 saturated heterocycles. The van der Waals surface area contributed by atoms with Crippen LogP contribution in [0, 0.1) is 5.92 Å². The van der Waals surface area contributed by atoms with Crippen LogP contribution in [0.25, 0.3) is 0 Å². The van der Waals surface area contributed by atoms with Gasteiger partial charge >= 0.3 is 0 Å². The summed E-state index contributed by atoms with van der Waals surface area (Å²) in [6, 6.07) is 1.27. The maximum Gasteiger partial charge on any atom is 0.0611 e. The zero-order chi connectivity index (χ0) is 12.5. The van der Waals surface area contributed by atoms with E-state index in [2.05, 4.69) is 18.7 Å². The molecule has 2 rings (SSSR count). The van der Waals surface area contributed by atoms with Crippen LogP contribution in [0.3, 0.4) is 0 Å². The van der Waals surface area contributed by atoms with Gasteiger partial charge < -0.3 is 10.8 Å². The van der Waals surface area contributed by atoms with Crippen LogP contribution in [-0.4, -0.2) is 40.8 Å². The highest BCUT2D eigenvalue weighted by Crippen LogP contribution is 2.34. The van der Waals surface area contributed by atoms with Gasteiger partial charge in [-0.25, -0.2) is 0 Å². The van der Waals surface area contributed by atoms with E-state index in [1.54, 1.807) is 0 Å². The Morgan fingerprint density at radius 1 is 1.29 bits per heavy atom. The van der Waals surface area contributed by atoms with Gasteiger partial charge in [0.25, 0.3) is 0 Å². The van der Waals surface area contributed by atoms with Crippen LogP contribution in [0.2, 0.25) is 0 Å². The number of likely N-dealkylation sites (tertiary alicyclic amines) is 1. The Kier molecular flexibility index (Phi) is 4.11. The number of nitrogens with two attached hydrogens (primary N) is 1. The fraction of sp³-hybridized carbons (Fsp3) is 1.00. The molecule has 100 valence electrons. The summed E-state index contributed by atoms with van der Waals surface area (Å²) in [7, 11) is 0. The first-order valence-corrected chi connectivity index (χ1v) is 7.21. The van der Waals surface area contributed by atoms with E-state index in [1.165, 1.54) is 32.2 Å². The molecule has 0 aromatic heterocycles. The Labute approximate surface area is 105 Å². The third kappa shape index (κ3) is 2.83. The average Bonchev–Trinajstić information content (AvgIpc) is 2.33. The summed E-state index contributed by atoms with van der Waals surface area (Å²) in [6.07, 6.45) is 7.06. The van der Waals surface area contributed by atoms with Gasteiger partial charge in [-0.15, -0.1) is 0 Å². The lowest BCUT2D eigenvalue weighted by molar-refractivity contribution is 0.0217. The number of rotatable bonds is 2. The Balaban J connectivity index is 2.01. The minimum Gasteiger partial charge on any atom is -0.394 e. The van der Waals surface area contributed by atoms with Crippen molar-refractivity contribution in [2.75, 3.05) is 13.2 Å². The monoisotopic (exact) mass is 240 g/mol. The van der Waals surface area contributed by atoms with Crippen molar-refractivity contribution < 1.29 is 5.11 Å². The van der Waals surface area contributed by atoms with Gasteiger partial charge in [0.1, 0.15) is 0 Å². The summed E-state index contributed by atoms with van der Waals surface area (Å²) >= 11 is 0. The van der Waals surface area contributed by atoms with Crippen molar-refractivity contribution in [3.63, 3.8) is 0 Å². The molecule has 4 atom stereocenters. The van der Waals surface area contributed by atoms with Crippen molar-refractivity contribution in [3.8, 4) is 0 Å². The molecule has 0 aromatic rings. The molecule has 0 amide bonds. The van der Waals surface area contributed by atoms with Crippen molar-refractivity contribution in [3.05, 3.63) is 0 Å². The van der Waals surface area contributed by atoms with Crippen molar-refractivity contribution in [1.82, 2.24) is 4.90 Å². The second-order valence-electron chi connectivity index (χ2n) is 6.37. The standard InChI is InChI=1S/C14H28N2O/c1-11-5-4-8-16(12(11)2)13-6-3-7-14(15,9-13)10-17/h11-13,17H,3-10,15H2,1-2H3. The third-order valence-electron chi connectivity index (χ3n) is 5.06. The number of hydrogen-bond donors (Lipinski definition) is 2. The second kappa shape index (κ2) is 5.25. The van der Waals surface area contributed by atoms with Gasteiger partial charge in [0.05, 0.1) is 6.61 Å². The summed E-state index contributed by atoms with van der Waals surface area (Å²) in [4.78, 5) is 2.66. The van der Waals surface area contributed by atoms with Gasteiger partial charge in [0, 0.05) is 17.6 Å². The molecule has 0 aromatic carbocycles. The normalized spacial score (nSPS) is 44.8. The van der Waals surface area contributed by atoms with Gasteiger partial charge in [-0.2, -0.15) is 0 Å². The zero-order valence-electron chi connectivity index (χ0n) is 11.4. The van der Waals surface area contributed by atoms with Crippen LogP contribution < -0.4 is 5.73 Å². The first-order valence-electron chi connectivity index (χ1n) is 7.21. The SMILES string of the molecule is CC1CCCN(C2CCCC(N)(CO)C2)C1C. The Morgan fingerprint density at radius 3 is 2.76 bits per heavy atom. The molecule has 4 unspecified atom stereocenters. The van der Waals surface area contributed by atoms with E-state index < -0.39 is 0 Å². The molecule has 1 heterocycles. The van der Waals surface area contributed by atoms with E-state index >= 15 is 0 Å². The number of aliphatic hydroxyl groups is 1. The highest BCUT2D eigenvalue weighted by Gasteiger charge is 2.38. The number of nitrogens with zero attached hydrogens (tertiary/aromatic N) is 1. The highest BCUT2D eigenvalue weighted by atomic mass is 16.3. The van der Waals surface area contributed by atoms with Crippen LogP contribution in [0.1, 0.15) is 52.4 Å². The molecule has 0 bridgehead atoms. The molecule has 3 nitrogen and oxygen atoms in total. The molecular formula is C14H28N2O. The van der Waals surface area contributed by atoms with E-state index in [9.17, 15) is 5.11 Å². The lowest BCUT2D eigenvalue weighted by Crippen LogP contribution is -2.56. The summed E-state index contributed by atoms with van der Waals surface area (Å²) < 4.78 is 0. The lowest BCUT2D eigenvalue weighted by Gasteiger charge is -2.47. The first kappa shape index (κ1) is 13.3. The quantitative estimate of drug-likeness (QED) is 0.773. The smallest absolute Gasteiger partial charge is 0.0611 e. The van der Waals surface area contributed by atoms with Crippen molar-refractivity contribution in [2.45, 2.75) is 70.0 Å². The summed E-state index contributed by atoms with van der Waals surface area (Å²) in [6.45, 7) is 6.08. The van der Waals surface area contributed by atoms with Gasteiger partial charge in [0.15, 0.2) is 0 Å². The minimum absolute atomic E-state index is 0.140. The average molecular weight is 240 g/mol. The number of aliphatic hydroxyl groups excluding tert-OH is 1. The van der Waals surface area contributed by atoms with Gasteiger partial charge in [-0.05, 0) is 57.9 Å². The summed E-state index contributed by atoms with van der Waals surface area (Å²) in [5.74, 6) is 0.798. The van der Waals surface area contributed by atoms with Crippen LogP contribution in [0.4, 0.5) is 0 Å². The molecule has 1 saturated carbocycles. The van der Waals surface area contributed by atoms with Gasteiger partial charge in [-0.1, -0.05) is 6.92 Å². The molecule has 2 fully saturated rings. The predicted molar refractivity (Wildman–Crippen MR) is 70.8 cm³/mol. The Bertz CT molecular complexity index is 259. The lowest BCUT2D eigenvalue weighted by atomic mass is 9.78. The van der Waals surface area contributed by atoms with Crippen LogP contribution in [0.5, 0.6) is 0 Å². The molecule has 0 spiro atoms. The summed E-state index contributed by atoms with van der Waals surface area (Å²) in [5.41, 5.74) is 5.94. The first-order chi connectivity index (χ1) is 8.06. The fourth-order valence-electron chi connectivity index (χ4n) is 3.67. The maximum atomic E-state index is 9.44. The van der Waals surface area contributed by atoms with Crippen molar-refractivity contribution in [2.24, 2.45) is 11.7 Å². The van der Waals surface area contributed by atoms with E-state index in [0.29, 0.717) is 12.1 Å². The molecule has 17 heavy (non-hydrogen) atoms. The highest BCUT2D eigenvalue weighted by molar-refractivity contribution is 4.96. The third-order valence-corrected chi connectivity index (χ3v) is 5.06. The second-order valence-corrected chi connectivity index (χ2v) is 6.37. The number of piperidine rings is 1. The molecule has 1 aliphatic carbocycles. The van der Waals surface area contributed by atoms with E-state index in [4.69, 9.17) is 5.73 Å². The predicted octanol–water partition coefficient (Wildman–Crippen LogP) is 1.74. The molecule has 0 radical (unpaired) electrons. The van der Waals surface area contributed by atoms with Crippen molar-refractivity contribution in [1.29, 1.82) is 0 Å². The molecule has 2 aliphatic rings. The largest absolute Gasteiger partial charge is 0.394 e. The number of hydrogen-bond acceptors (Lipinski definition) is 3. The molecular weight excluding hydrogens is 212 g/mol. The Hall–Kier alpha value is -0.120. The molecule has 3 heteroatoms. The Morgan fingerprint density at radius 2 is 2.06 bits per heavy atom. The minimum atomic E-state index is -0.316. The van der Waals surface area contributed by atoms with Crippen LogP contribution in [-0.2, 0) is 0 Å². The van der Waals surface area contributed by atoms with Crippen LogP contribution in [0.15, 0.2) is 0 Å². The van der Waals surface area contributed by atoms with Gasteiger partial charge in [-0.3, -0.25) is 4.90 Å². The van der Waals surface area contributed by atoms with Crippen LogP contribution >= 0.6 is 0 Å². The maximum absolute atomic E-state index is 9.44. The van der Waals surface area contributed by atoms with E-state index in [1.807, 2.05) is 0 Å². The van der Waals surface area contributed by atoms with E-state index in [-0.39, 0.29) is 12.1 Å². The fourth-order valence-corrected chi connectivity index (χ4v) is 3.67. The molecule has 1 aliphatic heterocycles. The van der Waals surface area contributed by atoms with E-state index in [0.717, 1.165) is 18.8 Å². The zero-order valence-corrected chi connectivity index (χ0v) is 11.4.